The van der Waals surface area contributed by atoms with Gasteiger partial charge < -0.3 is 4.90 Å². The molecule has 0 aromatic heterocycles. The fourth-order valence-electron chi connectivity index (χ4n) is 2.62. The van der Waals surface area contributed by atoms with E-state index in [4.69, 9.17) is 0 Å². The summed E-state index contributed by atoms with van der Waals surface area (Å²) in [5.74, 6) is -3.03. The molecule has 1 atom stereocenters. The molecule has 1 saturated carbocycles. The Bertz CT molecular complexity index is 693. The van der Waals surface area contributed by atoms with Gasteiger partial charge >= 0.3 is 0 Å². The first-order chi connectivity index (χ1) is 11.0. The van der Waals surface area contributed by atoms with E-state index in [1.807, 2.05) is 0 Å². The number of halogens is 2. The lowest BCUT2D eigenvalue weighted by atomic mass is 10.1. The summed E-state index contributed by atoms with van der Waals surface area (Å²) in [5.41, 5.74) is -0.316. The molecule has 2 fully saturated rings. The van der Waals surface area contributed by atoms with Crippen LogP contribution in [0.5, 0.6) is 0 Å². The van der Waals surface area contributed by atoms with Crippen LogP contribution >= 0.6 is 0 Å². The molecule has 0 unspecified atom stereocenters. The van der Waals surface area contributed by atoms with E-state index in [9.17, 15) is 23.2 Å². The van der Waals surface area contributed by atoms with Crippen LogP contribution in [0.2, 0.25) is 0 Å². The minimum atomic E-state index is -0.849. The van der Waals surface area contributed by atoms with Gasteiger partial charge in [0.15, 0.2) is 0 Å². The smallest absolute Gasteiger partial charge is 0.249 e. The Hall–Kier alpha value is -2.57. The molecule has 0 bridgehead atoms. The molecule has 120 valence electrons. The van der Waals surface area contributed by atoms with Crippen molar-refractivity contribution >= 4 is 23.8 Å². The number of nitrogens with zero attached hydrogens (tertiary/aromatic N) is 1. The number of carbonyl (C=O) groups excluding carboxylic acids is 3. The molecule has 3 rings (SSSR count). The lowest BCUT2D eigenvalue weighted by Gasteiger charge is -2.25. The molecule has 1 heterocycles. The number of nitrogens with one attached hydrogen (secondary N) is 1. The predicted octanol–water partition coefficient (Wildman–Crippen LogP) is 1.38. The maximum Gasteiger partial charge on any atom is 0.249 e. The van der Waals surface area contributed by atoms with Crippen LogP contribution in [0.15, 0.2) is 24.3 Å². The van der Waals surface area contributed by atoms with Gasteiger partial charge in [-0.3, -0.25) is 19.7 Å². The maximum absolute atomic E-state index is 13.6. The highest BCUT2D eigenvalue weighted by molar-refractivity contribution is 6.08. The van der Waals surface area contributed by atoms with Crippen molar-refractivity contribution in [1.29, 1.82) is 0 Å². The second-order valence-electron chi connectivity index (χ2n) is 5.58. The van der Waals surface area contributed by atoms with Crippen molar-refractivity contribution in [2.45, 2.75) is 31.3 Å². The minimum Gasteiger partial charge on any atom is -0.324 e. The topological polar surface area (TPSA) is 66.5 Å². The van der Waals surface area contributed by atoms with Crippen molar-refractivity contribution in [2.75, 3.05) is 0 Å². The number of carbonyl (C=O) groups is 3. The number of amides is 3. The van der Waals surface area contributed by atoms with Crippen LogP contribution in [0.25, 0.3) is 6.08 Å². The number of hydrogen-bond acceptors (Lipinski definition) is 3. The number of rotatable bonds is 4. The predicted molar refractivity (Wildman–Crippen MR) is 76.8 cm³/mol. The molecule has 1 aromatic carbocycles. The van der Waals surface area contributed by atoms with E-state index in [0.29, 0.717) is 0 Å². The lowest BCUT2D eigenvalue weighted by Crippen LogP contribution is -2.45. The summed E-state index contributed by atoms with van der Waals surface area (Å²) in [4.78, 5) is 36.8. The Morgan fingerprint density at radius 2 is 1.87 bits per heavy atom. The van der Waals surface area contributed by atoms with Crippen LogP contribution in [-0.4, -0.2) is 34.7 Å². The van der Waals surface area contributed by atoms with Crippen molar-refractivity contribution in [1.82, 2.24) is 10.2 Å². The first-order valence-corrected chi connectivity index (χ1v) is 7.25. The molecule has 1 aliphatic carbocycles. The van der Waals surface area contributed by atoms with E-state index >= 15 is 0 Å². The molecule has 3 amide bonds. The minimum absolute atomic E-state index is 0.0804. The van der Waals surface area contributed by atoms with Gasteiger partial charge in [-0.15, -0.1) is 0 Å². The Morgan fingerprint density at radius 3 is 2.39 bits per heavy atom. The molecule has 2 aliphatic rings. The van der Waals surface area contributed by atoms with Gasteiger partial charge in [-0.25, -0.2) is 8.78 Å². The van der Waals surface area contributed by atoms with E-state index in [0.717, 1.165) is 37.1 Å². The molecule has 0 spiro atoms. The summed E-state index contributed by atoms with van der Waals surface area (Å²) in [5, 5.41) is 2.16. The third-order valence-electron chi connectivity index (χ3n) is 3.87. The monoisotopic (exact) mass is 320 g/mol. The molecular formula is C16H14F2N2O3. The fraction of sp³-hybridized carbons (Fsp3) is 0.312. The summed E-state index contributed by atoms with van der Waals surface area (Å²) in [7, 11) is 0. The highest BCUT2D eigenvalue weighted by atomic mass is 19.1. The van der Waals surface area contributed by atoms with E-state index in [2.05, 4.69) is 5.32 Å². The number of benzene rings is 1. The molecule has 0 radical (unpaired) electrons. The first-order valence-electron chi connectivity index (χ1n) is 7.25. The molecule has 23 heavy (non-hydrogen) atoms. The van der Waals surface area contributed by atoms with Gasteiger partial charge in [-0.05, 0) is 31.1 Å². The van der Waals surface area contributed by atoms with Gasteiger partial charge in [0, 0.05) is 17.7 Å². The molecule has 1 aromatic rings. The van der Waals surface area contributed by atoms with Crippen LogP contribution in [0.3, 0.4) is 0 Å². The van der Waals surface area contributed by atoms with E-state index in [-0.39, 0.29) is 18.0 Å². The average Bonchev–Trinajstić information content (AvgIpc) is 3.25. The van der Waals surface area contributed by atoms with Crippen molar-refractivity contribution in [3.63, 3.8) is 0 Å². The fourth-order valence-corrected chi connectivity index (χ4v) is 2.62. The zero-order valence-electron chi connectivity index (χ0n) is 12.1. The Labute approximate surface area is 131 Å². The van der Waals surface area contributed by atoms with E-state index < -0.39 is 35.4 Å². The average molecular weight is 320 g/mol. The second-order valence-corrected chi connectivity index (χ2v) is 5.58. The normalized spacial score (nSPS) is 20.9. The third-order valence-corrected chi connectivity index (χ3v) is 3.87. The zero-order valence-corrected chi connectivity index (χ0v) is 12.1. The quantitative estimate of drug-likeness (QED) is 0.673. The molecular weight excluding hydrogens is 306 g/mol. The van der Waals surface area contributed by atoms with Crippen molar-refractivity contribution in [3.05, 3.63) is 41.5 Å². The highest BCUT2D eigenvalue weighted by Crippen LogP contribution is 2.31. The molecule has 1 N–H and O–H groups in total. The zero-order chi connectivity index (χ0) is 16.6. The standard InChI is InChI=1S/C16H14F2N2O3/c17-11-2-1-3-12(18)10(11)6-7-15(22)20(9-4-5-9)13-8-14(21)19-16(13)23/h1-3,6-7,9,13H,4-5,8H2,(H,19,21,23)/b7-6+/t13-/m1/s1. The molecule has 1 saturated heterocycles. The summed E-state index contributed by atoms with van der Waals surface area (Å²) in [6.45, 7) is 0. The van der Waals surface area contributed by atoms with Crippen LogP contribution in [0.1, 0.15) is 24.8 Å². The van der Waals surface area contributed by atoms with Gasteiger partial charge in [0.1, 0.15) is 17.7 Å². The van der Waals surface area contributed by atoms with Crippen molar-refractivity contribution in [2.24, 2.45) is 0 Å². The maximum atomic E-state index is 13.6. The summed E-state index contributed by atoms with van der Waals surface area (Å²) in [6, 6.07) is 2.45. The molecule has 7 heteroatoms. The Balaban J connectivity index is 1.81. The second kappa shape index (κ2) is 5.91. The highest BCUT2D eigenvalue weighted by Gasteiger charge is 2.43. The summed E-state index contributed by atoms with van der Waals surface area (Å²) < 4.78 is 27.1. The summed E-state index contributed by atoms with van der Waals surface area (Å²) >= 11 is 0. The van der Waals surface area contributed by atoms with Crippen LogP contribution in [0, 0.1) is 11.6 Å². The lowest BCUT2D eigenvalue weighted by molar-refractivity contribution is -0.135. The van der Waals surface area contributed by atoms with Crippen LogP contribution in [-0.2, 0) is 14.4 Å². The molecule has 5 nitrogen and oxygen atoms in total. The van der Waals surface area contributed by atoms with Crippen molar-refractivity contribution < 1.29 is 23.2 Å². The SMILES string of the molecule is O=C1C[C@@H](N(C(=O)/C=C/c2c(F)cccc2F)C2CC2)C(=O)N1. The first kappa shape index (κ1) is 15.3. The molecule has 1 aliphatic heterocycles. The van der Waals surface area contributed by atoms with Gasteiger partial charge in [-0.1, -0.05) is 6.07 Å². The van der Waals surface area contributed by atoms with Gasteiger partial charge in [-0.2, -0.15) is 0 Å². The number of imide groups is 1. The van der Waals surface area contributed by atoms with E-state index in [1.54, 1.807) is 0 Å². The van der Waals surface area contributed by atoms with Gasteiger partial charge in [0.2, 0.25) is 17.7 Å². The van der Waals surface area contributed by atoms with Gasteiger partial charge in [0.05, 0.1) is 6.42 Å². The van der Waals surface area contributed by atoms with Gasteiger partial charge in [0.25, 0.3) is 0 Å². The van der Waals surface area contributed by atoms with Crippen molar-refractivity contribution in [3.8, 4) is 0 Å². The largest absolute Gasteiger partial charge is 0.324 e. The third kappa shape index (κ3) is 3.13. The van der Waals surface area contributed by atoms with Crippen LogP contribution < -0.4 is 5.32 Å². The summed E-state index contributed by atoms with van der Waals surface area (Å²) in [6.07, 6.45) is 3.49. The van der Waals surface area contributed by atoms with E-state index in [1.165, 1.54) is 11.0 Å². The van der Waals surface area contributed by atoms with Crippen LogP contribution in [0.4, 0.5) is 8.78 Å². The Morgan fingerprint density at radius 1 is 1.22 bits per heavy atom. The number of hydrogen-bond donors (Lipinski definition) is 1. The Kier molecular flexibility index (Phi) is 3.94.